The number of amides is 1. The highest BCUT2D eigenvalue weighted by Crippen LogP contribution is 1.95. The molecule has 0 atom stereocenters. The predicted octanol–water partition coefficient (Wildman–Crippen LogP) is 1.39. The van der Waals surface area contributed by atoms with E-state index in [0.717, 1.165) is 32.6 Å². The van der Waals surface area contributed by atoms with Gasteiger partial charge in [-0.25, -0.2) is 0 Å². The summed E-state index contributed by atoms with van der Waals surface area (Å²) in [5, 5.41) is 2.88. The van der Waals surface area contributed by atoms with Crippen molar-refractivity contribution in [1.29, 1.82) is 0 Å². The molecule has 0 saturated heterocycles. The lowest BCUT2D eigenvalue weighted by Gasteiger charge is -2.20. The molecule has 3 N–H and O–H groups in total. The molecule has 0 rings (SSSR count). The normalized spacial score (nSPS) is 10.1. The first-order valence-electron chi connectivity index (χ1n) is 6.43. The zero-order chi connectivity index (χ0) is 12.2. The number of nitrogens with one attached hydrogen (secondary N) is 1. The number of nitrogens with two attached hydrogens (primary N) is 1. The maximum Gasteiger partial charge on any atom is 0.221 e. The molecular weight excluding hydrogens is 238 g/mol. The summed E-state index contributed by atoms with van der Waals surface area (Å²) in [7, 11) is 0. The van der Waals surface area contributed by atoms with Crippen LogP contribution >= 0.6 is 12.4 Å². The maximum absolute atomic E-state index is 11.1. The van der Waals surface area contributed by atoms with Gasteiger partial charge in [-0.15, -0.1) is 12.4 Å². The highest BCUT2D eigenvalue weighted by atomic mass is 35.5. The standard InChI is InChI=1S/C12H27N3O.ClH/c1-3-9-15(10-4-2)11-5-8-14-12(16)6-7-13;/h3-11,13H2,1-2H3,(H,14,16);1H. The van der Waals surface area contributed by atoms with Gasteiger partial charge in [-0.3, -0.25) is 4.79 Å². The van der Waals surface area contributed by atoms with E-state index >= 15 is 0 Å². The van der Waals surface area contributed by atoms with Gasteiger partial charge >= 0.3 is 0 Å². The molecule has 17 heavy (non-hydrogen) atoms. The van der Waals surface area contributed by atoms with Crippen molar-refractivity contribution < 1.29 is 4.79 Å². The van der Waals surface area contributed by atoms with Crippen LogP contribution in [0.4, 0.5) is 0 Å². The fourth-order valence-corrected chi connectivity index (χ4v) is 1.72. The van der Waals surface area contributed by atoms with E-state index < -0.39 is 0 Å². The second kappa shape index (κ2) is 13.7. The van der Waals surface area contributed by atoms with Gasteiger partial charge < -0.3 is 16.0 Å². The van der Waals surface area contributed by atoms with Gasteiger partial charge in [0.15, 0.2) is 0 Å². The van der Waals surface area contributed by atoms with E-state index in [1.54, 1.807) is 0 Å². The molecule has 104 valence electrons. The van der Waals surface area contributed by atoms with Crippen LogP contribution in [0.2, 0.25) is 0 Å². The Morgan fingerprint density at radius 1 is 1.18 bits per heavy atom. The van der Waals surface area contributed by atoms with E-state index in [9.17, 15) is 4.79 Å². The SMILES string of the molecule is CCCN(CCC)CCCNC(=O)CCN.Cl. The molecular formula is C12H28ClN3O. The summed E-state index contributed by atoms with van der Waals surface area (Å²) >= 11 is 0. The first-order chi connectivity index (χ1) is 7.74. The molecule has 0 saturated carbocycles. The first-order valence-corrected chi connectivity index (χ1v) is 6.43. The molecule has 0 heterocycles. The lowest BCUT2D eigenvalue weighted by molar-refractivity contribution is -0.120. The van der Waals surface area contributed by atoms with Crippen molar-refractivity contribution in [2.45, 2.75) is 39.5 Å². The minimum absolute atomic E-state index is 0. The van der Waals surface area contributed by atoms with Gasteiger partial charge in [0.2, 0.25) is 5.91 Å². The molecule has 0 aromatic heterocycles. The number of rotatable bonds is 10. The first kappa shape index (κ1) is 19.0. The molecule has 0 bridgehead atoms. The molecule has 4 nitrogen and oxygen atoms in total. The quantitative estimate of drug-likeness (QED) is 0.587. The van der Waals surface area contributed by atoms with Crippen molar-refractivity contribution in [1.82, 2.24) is 10.2 Å². The Balaban J connectivity index is 0. The van der Waals surface area contributed by atoms with E-state index in [2.05, 4.69) is 24.1 Å². The lowest BCUT2D eigenvalue weighted by Crippen LogP contribution is -2.31. The van der Waals surface area contributed by atoms with E-state index in [-0.39, 0.29) is 18.3 Å². The van der Waals surface area contributed by atoms with Crippen LogP contribution in [0.5, 0.6) is 0 Å². The predicted molar refractivity (Wildman–Crippen MR) is 75.6 cm³/mol. The summed E-state index contributed by atoms with van der Waals surface area (Å²) in [6.07, 6.45) is 3.85. The van der Waals surface area contributed by atoms with Crippen molar-refractivity contribution in [2.75, 3.05) is 32.7 Å². The molecule has 1 amide bonds. The molecule has 0 spiro atoms. The number of hydrogen-bond acceptors (Lipinski definition) is 3. The second-order valence-electron chi connectivity index (χ2n) is 4.08. The van der Waals surface area contributed by atoms with Crippen molar-refractivity contribution in [3.05, 3.63) is 0 Å². The fourth-order valence-electron chi connectivity index (χ4n) is 1.72. The van der Waals surface area contributed by atoms with Crippen LogP contribution in [0.15, 0.2) is 0 Å². The molecule has 5 heteroatoms. The summed E-state index contributed by atoms with van der Waals surface area (Å²) in [5.74, 6) is 0.0695. The zero-order valence-corrected chi connectivity index (χ0v) is 12.0. The van der Waals surface area contributed by atoms with E-state index in [1.807, 2.05) is 0 Å². The Hall–Kier alpha value is -0.320. The number of nitrogens with zero attached hydrogens (tertiary/aromatic N) is 1. The van der Waals surface area contributed by atoms with Crippen LogP contribution in [0.1, 0.15) is 39.5 Å². The van der Waals surface area contributed by atoms with Crippen LogP contribution in [0.3, 0.4) is 0 Å². The van der Waals surface area contributed by atoms with Gasteiger partial charge in [-0.1, -0.05) is 13.8 Å². The average molecular weight is 266 g/mol. The molecule has 0 aliphatic carbocycles. The minimum atomic E-state index is 0. The maximum atomic E-state index is 11.1. The Morgan fingerprint density at radius 2 is 1.76 bits per heavy atom. The average Bonchev–Trinajstić information content (AvgIpc) is 2.25. The summed E-state index contributed by atoms with van der Waals surface area (Å²) in [6.45, 7) is 8.99. The van der Waals surface area contributed by atoms with E-state index in [1.165, 1.54) is 12.8 Å². The largest absolute Gasteiger partial charge is 0.356 e. The minimum Gasteiger partial charge on any atom is -0.356 e. The lowest BCUT2D eigenvalue weighted by atomic mass is 10.3. The molecule has 0 aliphatic rings. The monoisotopic (exact) mass is 265 g/mol. The van der Waals surface area contributed by atoms with E-state index in [0.29, 0.717) is 13.0 Å². The summed E-state index contributed by atoms with van der Waals surface area (Å²) < 4.78 is 0. The van der Waals surface area contributed by atoms with Gasteiger partial charge in [0.25, 0.3) is 0 Å². The third kappa shape index (κ3) is 11.9. The van der Waals surface area contributed by atoms with Crippen molar-refractivity contribution in [3.8, 4) is 0 Å². The highest BCUT2D eigenvalue weighted by Gasteiger charge is 2.02. The van der Waals surface area contributed by atoms with Gasteiger partial charge in [0.1, 0.15) is 0 Å². The van der Waals surface area contributed by atoms with Gasteiger partial charge in [0, 0.05) is 19.5 Å². The topological polar surface area (TPSA) is 58.4 Å². The number of carbonyl (C=O) groups is 1. The van der Waals surface area contributed by atoms with Crippen molar-refractivity contribution in [3.63, 3.8) is 0 Å². The summed E-state index contributed by atoms with van der Waals surface area (Å²) in [4.78, 5) is 13.6. The third-order valence-electron chi connectivity index (χ3n) is 2.42. The Kier molecular flexibility index (Phi) is 15.4. The van der Waals surface area contributed by atoms with Crippen LogP contribution in [0, 0.1) is 0 Å². The fraction of sp³-hybridized carbons (Fsp3) is 0.917. The van der Waals surface area contributed by atoms with Gasteiger partial charge in [-0.05, 0) is 38.9 Å². The van der Waals surface area contributed by atoms with Gasteiger partial charge in [-0.2, -0.15) is 0 Å². The van der Waals surface area contributed by atoms with Crippen LogP contribution in [0.25, 0.3) is 0 Å². The zero-order valence-electron chi connectivity index (χ0n) is 11.2. The molecule has 0 aromatic carbocycles. The van der Waals surface area contributed by atoms with Crippen molar-refractivity contribution >= 4 is 18.3 Å². The second-order valence-corrected chi connectivity index (χ2v) is 4.08. The Morgan fingerprint density at radius 3 is 2.24 bits per heavy atom. The highest BCUT2D eigenvalue weighted by molar-refractivity contribution is 5.85. The van der Waals surface area contributed by atoms with Crippen LogP contribution in [-0.4, -0.2) is 43.5 Å². The molecule has 0 radical (unpaired) electrons. The molecule has 0 aromatic rings. The smallest absolute Gasteiger partial charge is 0.221 e. The number of hydrogen-bond donors (Lipinski definition) is 2. The summed E-state index contributed by atoms with van der Waals surface area (Å²) in [5.41, 5.74) is 5.29. The molecule has 0 fully saturated rings. The number of carbonyl (C=O) groups excluding carboxylic acids is 1. The van der Waals surface area contributed by atoms with Crippen LogP contribution < -0.4 is 11.1 Å². The van der Waals surface area contributed by atoms with E-state index in [4.69, 9.17) is 5.73 Å². The summed E-state index contributed by atoms with van der Waals surface area (Å²) in [6, 6.07) is 0. The molecule has 0 aliphatic heterocycles. The third-order valence-corrected chi connectivity index (χ3v) is 2.42. The number of halogens is 1. The van der Waals surface area contributed by atoms with Crippen molar-refractivity contribution in [2.24, 2.45) is 5.73 Å². The Labute approximate surface area is 112 Å². The van der Waals surface area contributed by atoms with Crippen LogP contribution in [-0.2, 0) is 4.79 Å². The van der Waals surface area contributed by atoms with Gasteiger partial charge in [0.05, 0.1) is 0 Å². The Bertz CT molecular complexity index is 173. The molecule has 0 unspecified atom stereocenters.